The number of carbonyl (C=O) groups excluding carboxylic acids is 1. The molecule has 1 fully saturated rings. The molecule has 4 heteroatoms. The number of nitrogens with one attached hydrogen (secondary N) is 1. The van der Waals surface area contributed by atoms with E-state index in [4.69, 9.17) is 4.74 Å². The zero-order valence-electron chi connectivity index (χ0n) is 10.6. The number of nitrogens with zero attached hydrogens (tertiary/aromatic N) is 1. The summed E-state index contributed by atoms with van der Waals surface area (Å²) < 4.78 is 5.18. The highest BCUT2D eigenvalue weighted by molar-refractivity contribution is 5.54. The lowest BCUT2D eigenvalue weighted by Crippen LogP contribution is -2.04. The minimum atomic E-state index is -0.199. The van der Waals surface area contributed by atoms with E-state index in [1.54, 1.807) is 6.20 Å². The van der Waals surface area contributed by atoms with Crippen molar-refractivity contribution in [1.29, 1.82) is 0 Å². The van der Waals surface area contributed by atoms with Crippen LogP contribution in [0.2, 0.25) is 0 Å². The van der Waals surface area contributed by atoms with E-state index in [1.165, 1.54) is 12.8 Å². The van der Waals surface area contributed by atoms with Gasteiger partial charge in [0.05, 0.1) is 11.9 Å². The Morgan fingerprint density at radius 1 is 1.37 bits per heavy atom. The Morgan fingerprint density at radius 3 is 2.84 bits per heavy atom. The molecule has 3 rings (SSSR count). The summed E-state index contributed by atoms with van der Waals surface area (Å²) in [4.78, 5) is 18.2. The molecule has 1 heterocycles. The first-order valence-electron chi connectivity index (χ1n) is 6.56. The molecule has 0 saturated heterocycles. The van der Waals surface area contributed by atoms with Crippen LogP contribution in [0.1, 0.15) is 31.1 Å². The lowest BCUT2D eigenvalue weighted by molar-refractivity contribution is -0.134. The SMILES string of the molecule is O=COC(CC1CC1)c1cnc(-c2ccccc2)[nH]1. The number of H-pyrrole nitrogens is 1. The summed E-state index contributed by atoms with van der Waals surface area (Å²) in [6.07, 6.45) is 4.92. The maximum atomic E-state index is 10.6. The van der Waals surface area contributed by atoms with E-state index in [0.717, 1.165) is 23.5 Å². The molecule has 1 aliphatic rings. The molecule has 19 heavy (non-hydrogen) atoms. The first-order valence-corrected chi connectivity index (χ1v) is 6.56. The molecule has 4 nitrogen and oxygen atoms in total. The maximum absolute atomic E-state index is 10.6. The topological polar surface area (TPSA) is 55.0 Å². The van der Waals surface area contributed by atoms with Crippen molar-refractivity contribution in [3.05, 3.63) is 42.2 Å². The Bertz CT molecular complexity index is 546. The fraction of sp³-hybridized carbons (Fsp3) is 0.333. The molecule has 1 aliphatic carbocycles. The molecule has 98 valence electrons. The molecule has 2 aromatic rings. The first-order chi connectivity index (χ1) is 9.36. The molecule has 1 N–H and O–H groups in total. The fourth-order valence-electron chi connectivity index (χ4n) is 2.22. The van der Waals surface area contributed by atoms with Crippen LogP contribution in [-0.2, 0) is 9.53 Å². The van der Waals surface area contributed by atoms with Crippen molar-refractivity contribution in [3.63, 3.8) is 0 Å². The van der Waals surface area contributed by atoms with Crippen LogP contribution in [0.3, 0.4) is 0 Å². The predicted molar refractivity (Wildman–Crippen MR) is 71.3 cm³/mol. The first kappa shape index (κ1) is 12.0. The summed E-state index contributed by atoms with van der Waals surface area (Å²) in [6.45, 7) is 0.524. The van der Waals surface area contributed by atoms with Gasteiger partial charge in [-0.3, -0.25) is 4.79 Å². The van der Waals surface area contributed by atoms with Crippen molar-refractivity contribution in [2.45, 2.75) is 25.4 Å². The third-order valence-corrected chi connectivity index (χ3v) is 3.45. The van der Waals surface area contributed by atoms with Gasteiger partial charge in [-0.1, -0.05) is 43.2 Å². The largest absolute Gasteiger partial charge is 0.458 e. The van der Waals surface area contributed by atoms with Crippen LogP contribution in [0.15, 0.2) is 36.5 Å². The van der Waals surface area contributed by atoms with Gasteiger partial charge in [0.15, 0.2) is 0 Å². The van der Waals surface area contributed by atoms with Gasteiger partial charge < -0.3 is 9.72 Å². The van der Waals surface area contributed by atoms with Crippen molar-refractivity contribution in [3.8, 4) is 11.4 Å². The van der Waals surface area contributed by atoms with Gasteiger partial charge in [0.1, 0.15) is 11.9 Å². The number of aromatic nitrogens is 2. The Labute approximate surface area is 111 Å². The number of hydrogen-bond acceptors (Lipinski definition) is 3. The summed E-state index contributed by atoms with van der Waals surface area (Å²) in [5, 5.41) is 0. The zero-order chi connectivity index (χ0) is 13.1. The van der Waals surface area contributed by atoms with Crippen LogP contribution >= 0.6 is 0 Å². The summed E-state index contributed by atoms with van der Waals surface area (Å²) >= 11 is 0. The Kier molecular flexibility index (Phi) is 3.31. The van der Waals surface area contributed by atoms with Crippen LogP contribution in [0.5, 0.6) is 0 Å². The molecule has 1 aromatic carbocycles. The second-order valence-corrected chi connectivity index (χ2v) is 4.95. The second kappa shape index (κ2) is 5.26. The molecule has 0 bridgehead atoms. The van der Waals surface area contributed by atoms with Gasteiger partial charge in [-0.25, -0.2) is 4.98 Å². The van der Waals surface area contributed by atoms with Crippen LogP contribution in [0.4, 0.5) is 0 Å². The lowest BCUT2D eigenvalue weighted by atomic mass is 10.1. The molecule has 1 atom stereocenters. The smallest absolute Gasteiger partial charge is 0.293 e. The number of rotatable bonds is 6. The minimum Gasteiger partial charge on any atom is -0.458 e. The van der Waals surface area contributed by atoms with E-state index in [-0.39, 0.29) is 6.10 Å². The van der Waals surface area contributed by atoms with Crippen molar-refractivity contribution < 1.29 is 9.53 Å². The van der Waals surface area contributed by atoms with Crippen molar-refractivity contribution in [1.82, 2.24) is 9.97 Å². The lowest BCUT2D eigenvalue weighted by Gasteiger charge is -2.12. The van der Waals surface area contributed by atoms with Crippen LogP contribution in [-0.4, -0.2) is 16.4 Å². The third kappa shape index (κ3) is 2.84. The van der Waals surface area contributed by atoms with Crippen molar-refractivity contribution in [2.75, 3.05) is 0 Å². The standard InChI is InChI=1S/C15H16N2O2/c18-10-19-14(8-11-6-7-11)13-9-16-15(17-13)12-4-2-1-3-5-12/h1-5,9-11,14H,6-8H2,(H,16,17). The van der Waals surface area contributed by atoms with Crippen molar-refractivity contribution in [2.24, 2.45) is 5.92 Å². The molecule has 0 spiro atoms. The Hall–Kier alpha value is -2.10. The van der Waals surface area contributed by atoms with Gasteiger partial charge in [-0.2, -0.15) is 0 Å². The third-order valence-electron chi connectivity index (χ3n) is 3.45. The van der Waals surface area contributed by atoms with E-state index in [9.17, 15) is 4.79 Å². The molecule has 1 saturated carbocycles. The average molecular weight is 256 g/mol. The van der Waals surface area contributed by atoms with Gasteiger partial charge in [0.2, 0.25) is 0 Å². The minimum absolute atomic E-state index is 0.199. The van der Waals surface area contributed by atoms with Gasteiger partial charge in [0.25, 0.3) is 6.47 Å². The van der Waals surface area contributed by atoms with Crippen LogP contribution in [0, 0.1) is 5.92 Å². The summed E-state index contributed by atoms with van der Waals surface area (Å²) in [5.41, 5.74) is 1.91. The van der Waals surface area contributed by atoms with E-state index in [1.807, 2.05) is 30.3 Å². The van der Waals surface area contributed by atoms with E-state index in [2.05, 4.69) is 9.97 Å². The van der Waals surface area contributed by atoms with Crippen LogP contribution in [0.25, 0.3) is 11.4 Å². The number of hydrogen-bond donors (Lipinski definition) is 1. The highest BCUT2D eigenvalue weighted by Gasteiger charge is 2.28. The summed E-state index contributed by atoms with van der Waals surface area (Å²) in [6, 6.07) is 9.92. The zero-order valence-corrected chi connectivity index (χ0v) is 10.6. The molecular weight excluding hydrogens is 240 g/mol. The predicted octanol–water partition coefficient (Wildman–Crippen LogP) is 3.09. The average Bonchev–Trinajstić information content (AvgIpc) is 3.13. The van der Waals surface area contributed by atoms with E-state index >= 15 is 0 Å². The fourth-order valence-corrected chi connectivity index (χ4v) is 2.22. The van der Waals surface area contributed by atoms with Gasteiger partial charge in [0, 0.05) is 5.56 Å². The number of aromatic amines is 1. The highest BCUT2D eigenvalue weighted by atomic mass is 16.5. The number of ether oxygens (including phenoxy) is 1. The van der Waals surface area contributed by atoms with E-state index in [0.29, 0.717) is 12.4 Å². The Morgan fingerprint density at radius 2 is 2.16 bits per heavy atom. The molecule has 0 radical (unpaired) electrons. The molecule has 1 unspecified atom stereocenters. The summed E-state index contributed by atoms with van der Waals surface area (Å²) in [5.74, 6) is 1.50. The number of benzene rings is 1. The summed E-state index contributed by atoms with van der Waals surface area (Å²) in [7, 11) is 0. The quantitative estimate of drug-likeness (QED) is 0.808. The van der Waals surface area contributed by atoms with Crippen molar-refractivity contribution >= 4 is 6.47 Å². The monoisotopic (exact) mass is 256 g/mol. The molecule has 0 aliphatic heterocycles. The molecule has 0 amide bonds. The van der Waals surface area contributed by atoms with Gasteiger partial charge in [-0.15, -0.1) is 0 Å². The number of carbonyl (C=O) groups is 1. The van der Waals surface area contributed by atoms with Gasteiger partial charge >= 0.3 is 0 Å². The Balaban J connectivity index is 1.80. The number of imidazole rings is 1. The molecular formula is C15H16N2O2. The molecule has 1 aromatic heterocycles. The van der Waals surface area contributed by atoms with Gasteiger partial charge in [-0.05, 0) is 12.3 Å². The second-order valence-electron chi connectivity index (χ2n) is 4.95. The highest BCUT2D eigenvalue weighted by Crippen LogP contribution is 2.38. The van der Waals surface area contributed by atoms with Crippen LogP contribution < -0.4 is 0 Å². The van der Waals surface area contributed by atoms with E-state index < -0.39 is 0 Å². The maximum Gasteiger partial charge on any atom is 0.293 e. The normalized spacial score (nSPS) is 16.0.